The number of ether oxygens (including phenoxy) is 1. The van der Waals surface area contributed by atoms with Gasteiger partial charge in [0.1, 0.15) is 6.33 Å². The number of anilines is 1. The number of nitrogens with zero attached hydrogens (tertiary/aromatic N) is 2. The second-order valence-electron chi connectivity index (χ2n) is 3.51. The SMILES string of the molecule is COc1c(Cl)ncnc1NC1CC(O)C1. The third-order valence-corrected chi connectivity index (χ3v) is 2.69. The van der Waals surface area contributed by atoms with Crippen molar-refractivity contribution in [1.29, 1.82) is 0 Å². The molecule has 1 aliphatic rings. The molecule has 2 rings (SSSR count). The van der Waals surface area contributed by atoms with Gasteiger partial charge in [-0.15, -0.1) is 0 Å². The molecule has 0 amide bonds. The topological polar surface area (TPSA) is 67.3 Å². The molecule has 0 aliphatic heterocycles. The number of rotatable bonds is 3. The van der Waals surface area contributed by atoms with Gasteiger partial charge in [0.15, 0.2) is 16.7 Å². The van der Waals surface area contributed by atoms with Gasteiger partial charge in [-0.1, -0.05) is 11.6 Å². The Morgan fingerprint density at radius 2 is 2.27 bits per heavy atom. The fraction of sp³-hybridized carbons (Fsp3) is 0.556. The molecule has 0 aromatic carbocycles. The molecular weight excluding hydrogens is 218 g/mol. The first-order chi connectivity index (χ1) is 7.20. The maximum absolute atomic E-state index is 9.15. The average Bonchev–Trinajstić information content (AvgIpc) is 2.16. The van der Waals surface area contributed by atoms with Gasteiger partial charge in [-0.2, -0.15) is 0 Å². The lowest BCUT2D eigenvalue weighted by Crippen LogP contribution is -2.39. The molecule has 1 heterocycles. The molecule has 0 unspecified atom stereocenters. The molecule has 0 bridgehead atoms. The van der Waals surface area contributed by atoms with Crippen molar-refractivity contribution < 1.29 is 9.84 Å². The number of hydrogen-bond acceptors (Lipinski definition) is 5. The van der Waals surface area contributed by atoms with Crippen molar-refractivity contribution in [3.63, 3.8) is 0 Å². The molecule has 0 spiro atoms. The Labute approximate surface area is 92.5 Å². The second-order valence-corrected chi connectivity index (χ2v) is 3.87. The van der Waals surface area contributed by atoms with Gasteiger partial charge in [-0.25, -0.2) is 9.97 Å². The highest BCUT2D eigenvalue weighted by Gasteiger charge is 2.28. The lowest BCUT2D eigenvalue weighted by Gasteiger charge is -2.32. The monoisotopic (exact) mass is 229 g/mol. The smallest absolute Gasteiger partial charge is 0.198 e. The largest absolute Gasteiger partial charge is 0.490 e. The van der Waals surface area contributed by atoms with E-state index in [1.54, 1.807) is 0 Å². The van der Waals surface area contributed by atoms with Gasteiger partial charge in [-0.3, -0.25) is 0 Å². The molecule has 5 nitrogen and oxygen atoms in total. The van der Waals surface area contributed by atoms with Gasteiger partial charge in [0.05, 0.1) is 13.2 Å². The molecule has 1 aliphatic carbocycles. The van der Waals surface area contributed by atoms with Crippen LogP contribution < -0.4 is 10.1 Å². The highest BCUT2D eigenvalue weighted by atomic mass is 35.5. The van der Waals surface area contributed by atoms with Gasteiger partial charge in [0, 0.05) is 6.04 Å². The van der Waals surface area contributed by atoms with Crippen LogP contribution in [-0.4, -0.2) is 34.3 Å². The van der Waals surface area contributed by atoms with Crippen LogP contribution in [-0.2, 0) is 0 Å². The summed E-state index contributed by atoms with van der Waals surface area (Å²) in [7, 11) is 1.52. The van der Waals surface area contributed by atoms with Crippen molar-refractivity contribution in [2.75, 3.05) is 12.4 Å². The summed E-state index contributed by atoms with van der Waals surface area (Å²) in [5, 5.41) is 12.6. The second kappa shape index (κ2) is 4.20. The van der Waals surface area contributed by atoms with Gasteiger partial charge < -0.3 is 15.2 Å². The maximum Gasteiger partial charge on any atom is 0.198 e. The van der Waals surface area contributed by atoms with Crippen molar-refractivity contribution in [2.24, 2.45) is 0 Å². The van der Waals surface area contributed by atoms with Crippen molar-refractivity contribution in [3.8, 4) is 5.75 Å². The molecule has 1 fully saturated rings. The third-order valence-electron chi connectivity index (χ3n) is 2.42. The first-order valence-corrected chi connectivity index (χ1v) is 5.07. The van der Waals surface area contributed by atoms with Crippen molar-refractivity contribution in [3.05, 3.63) is 11.5 Å². The number of aliphatic hydroxyl groups excluding tert-OH is 1. The predicted octanol–water partition coefficient (Wildman–Crippen LogP) is 1.07. The lowest BCUT2D eigenvalue weighted by molar-refractivity contribution is 0.0834. The number of methoxy groups -OCH3 is 1. The number of aromatic nitrogens is 2. The van der Waals surface area contributed by atoms with E-state index in [4.69, 9.17) is 21.4 Å². The van der Waals surface area contributed by atoms with E-state index in [1.165, 1.54) is 13.4 Å². The normalized spacial score (nSPS) is 24.5. The van der Waals surface area contributed by atoms with Crippen molar-refractivity contribution in [2.45, 2.75) is 25.0 Å². The molecule has 0 saturated heterocycles. The molecule has 2 N–H and O–H groups in total. The summed E-state index contributed by atoms with van der Waals surface area (Å²) >= 11 is 5.84. The molecule has 0 radical (unpaired) electrons. The van der Waals surface area contributed by atoms with Crippen LogP contribution in [0, 0.1) is 0 Å². The number of aliphatic hydroxyl groups is 1. The van der Waals surface area contributed by atoms with E-state index in [9.17, 15) is 0 Å². The lowest BCUT2D eigenvalue weighted by atomic mass is 9.89. The van der Waals surface area contributed by atoms with E-state index in [1.807, 2.05) is 0 Å². The van der Waals surface area contributed by atoms with Gasteiger partial charge >= 0.3 is 0 Å². The van der Waals surface area contributed by atoms with Crippen LogP contribution in [0.2, 0.25) is 5.15 Å². The molecule has 6 heteroatoms. The molecule has 1 aromatic rings. The molecule has 1 saturated carbocycles. The highest BCUT2D eigenvalue weighted by molar-refractivity contribution is 6.31. The summed E-state index contributed by atoms with van der Waals surface area (Å²) in [6.45, 7) is 0. The zero-order valence-electron chi connectivity index (χ0n) is 8.27. The Hall–Kier alpha value is -1.07. The first kappa shape index (κ1) is 10.4. The van der Waals surface area contributed by atoms with E-state index in [-0.39, 0.29) is 17.3 Å². The summed E-state index contributed by atoms with van der Waals surface area (Å²) < 4.78 is 5.09. The average molecular weight is 230 g/mol. The van der Waals surface area contributed by atoms with E-state index in [2.05, 4.69) is 15.3 Å². The molecule has 15 heavy (non-hydrogen) atoms. The first-order valence-electron chi connectivity index (χ1n) is 4.69. The fourth-order valence-corrected chi connectivity index (χ4v) is 1.75. The molecule has 82 valence electrons. The number of nitrogens with one attached hydrogen (secondary N) is 1. The molecule has 0 atom stereocenters. The summed E-state index contributed by atoms with van der Waals surface area (Å²) in [4.78, 5) is 7.86. The zero-order chi connectivity index (χ0) is 10.8. The van der Waals surface area contributed by atoms with Crippen LogP contribution in [0.15, 0.2) is 6.33 Å². The van der Waals surface area contributed by atoms with Crippen LogP contribution in [0.4, 0.5) is 5.82 Å². The Balaban J connectivity index is 2.10. The summed E-state index contributed by atoms with van der Waals surface area (Å²) in [5.41, 5.74) is 0. The van der Waals surface area contributed by atoms with Crippen molar-refractivity contribution >= 4 is 17.4 Å². The van der Waals surface area contributed by atoms with Crippen LogP contribution >= 0.6 is 11.6 Å². The van der Waals surface area contributed by atoms with E-state index >= 15 is 0 Å². The number of halogens is 1. The number of hydrogen-bond donors (Lipinski definition) is 2. The summed E-state index contributed by atoms with van der Waals surface area (Å²) in [6, 6.07) is 0.236. The minimum Gasteiger partial charge on any atom is -0.490 e. The Morgan fingerprint density at radius 3 is 2.87 bits per heavy atom. The van der Waals surface area contributed by atoms with Crippen LogP contribution in [0.1, 0.15) is 12.8 Å². The molecular formula is C9H12ClN3O2. The standard InChI is InChI=1S/C9H12ClN3O2/c1-15-7-8(10)11-4-12-9(7)13-5-2-6(14)3-5/h4-6,14H,2-3H2,1H3,(H,11,12,13). The third kappa shape index (κ3) is 2.13. The summed E-state index contributed by atoms with van der Waals surface area (Å²) in [5.74, 6) is 1.02. The fourth-order valence-electron chi connectivity index (χ4n) is 1.53. The van der Waals surface area contributed by atoms with Gasteiger partial charge in [-0.05, 0) is 12.8 Å². The minimum atomic E-state index is -0.203. The quantitative estimate of drug-likeness (QED) is 0.759. The highest BCUT2D eigenvalue weighted by Crippen LogP contribution is 2.31. The van der Waals surface area contributed by atoms with E-state index in [0.717, 1.165) is 12.8 Å². The Morgan fingerprint density at radius 1 is 1.53 bits per heavy atom. The van der Waals surface area contributed by atoms with Gasteiger partial charge in [0.2, 0.25) is 0 Å². The van der Waals surface area contributed by atoms with Gasteiger partial charge in [0.25, 0.3) is 0 Å². The predicted molar refractivity (Wildman–Crippen MR) is 56.2 cm³/mol. The minimum absolute atomic E-state index is 0.203. The Kier molecular flexibility index (Phi) is 2.93. The van der Waals surface area contributed by atoms with Crippen LogP contribution in [0.25, 0.3) is 0 Å². The maximum atomic E-state index is 9.15. The van der Waals surface area contributed by atoms with Crippen LogP contribution in [0.3, 0.4) is 0 Å². The Bertz CT molecular complexity index is 355. The zero-order valence-corrected chi connectivity index (χ0v) is 9.03. The molecule has 1 aromatic heterocycles. The van der Waals surface area contributed by atoms with E-state index < -0.39 is 0 Å². The summed E-state index contributed by atoms with van der Waals surface area (Å²) in [6.07, 6.45) is 2.63. The van der Waals surface area contributed by atoms with Crippen LogP contribution in [0.5, 0.6) is 5.75 Å². The van der Waals surface area contributed by atoms with E-state index in [0.29, 0.717) is 11.6 Å². The van der Waals surface area contributed by atoms with Crippen molar-refractivity contribution in [1.82, 2.24) is 9.97 Å².